The maximum atomic E-state index is 12.6. The molecule has 0 saturated carbocycles. The molecule has 0 radical (unpaired) electrons. The first-order valence-corrected chi connectivity index (χ1v) is 7.31. The van der Waals surface area contributed by atoms with Gasteiger partial charge in [-0.05, 0) is 37.1 Å². The number of likely N-dealkylation sites (tertiary alicyclic amines) is 1. The van der Waals surface area contributed by atoms with E-state index in [1.165, 1.54) is 6.26 Å². The van der Waals surface area contributed by atoms with Gasteiger partial charge in [-0.2, -0.15) is 0 Å². The van der Waals surface area contributed by atoms with Crippen molar-refractivity contribution in [3.05, 3.63) is 47.9 Å². The van der Waals surface area contributed by atoms with Crippen LogP contribution in [0.5, 0.6) is 11.5 Å². The molecule has 1 unspecified atom stereocenters. The maximum Gasteiger partial charge on any atom is 0.290 e. The average Bonchev–Trinajstić information content (AvgIpc) is 3.24. The summed E-state index contributed by atoms with van der Waals surface area (Å²) in [7, 11) is 3.25. The highest BCUT2D eigenvalue weighted by atomic mass is 16.5. The van der Waals surface area contributed by atoms with Crippen molar-refractivity contribution in [2.45, 2.75) is 18.9 Å². The number of methoxy groups -OCH3 is 2. The molecular formula is C17H19NO4. The van der Waals surface area contributed by atoms with E-state index < -0.39 is 0 Å². The van der Waals surface area contributed by atoms with Crippen LogP contribution in [-0.4, -0.2) is 31.6 Å². The Bertz CT molecular complexity index is 651. The molecule has 1 aliphatic heterocycles. The first-order chi connectivity index (χ1) is 10.7. The molecule has 5 heteroatoms. The van der Waals surface area contributed by atoms with Crippen LogP contribution in [0.2, 0.25) is 0 Å². The van der Waals surface area contributed by atoms with Gasteiger partial charge in [0.2, 0.25) is 0 Å². The van der Waals surface area contributed by atoms with E-state index in [4.69, 9.17) is 13.9 Å². The van der Waals surface area contributed by atoms with Crippen molar-refractivity contribution in [3.8, 4) is 11.5 Å². The van der Waals surface area contributed by atoms with E-state index in [1.807, 2.05) is 23.1 Å². The van der Waals surface area contributed by atoms with Crippen molar-refractivity contribution in [2.75, 3.05) is 20.8 Å². The van der Waals surface area contributed by atoms with Crippen molar-refractivity contribution in [3.63, 3.8) is 0 Å². The molecule has 2 aromatic rings. The molecule has 0 spiro atoms. The topological polar surface area (TPSA) is 51.9 Å². The molecule has 1 aromatic heterocycles. The molecule has 1 aromatic carbocycles. The molecule has 3 rings (SSSR count). The molecule has 2 heterocycles. The molecule has 0 N–H and O–H groups in total. The Labute approximate surface area is 129 Å². The third kappa shape index (κ3) is 2.54. The van der Waals surface area contributed by atoms with Crippen molar-refractivity contribution in [2.24, 2.45) is 0 Å². The second kappa shape index (κ2) is 6.13. The van der Waals surface area contributed by atoms with Gasteiger partial charge < -0.3 is 18.8 Å². The third-order valence-corrected chi connectivity index (χ3v) is 4.05. The SMILES string of the molecule is COc1ccc(C2CCCN2C(=O)c2ccco2)c(OC)c1. The van der Waals surface area contributed by atoms with Gasteiger partial charge in [0.1, 0.15) is 11.5 Å². The Hall–Kier alpha value is -2.43. The summed E-state index contributed by atoms with van der Waals surface area (Å²) in [6.45, 7) is 0.722. The lowest BCUT2D eigenvalue weighted by molar-refractivity contribution is 0.0702. The average molecular weight is 301 g/mol. The van der Waals surface area contributed by atoms with Crippen LogP contribution < -0.4 is 9.47 Å². The number of carbonyl (C=O) groups excluding carboxylic acids is 1. The third-order valence-electron chi connectivity index (χ3n) is 4.05. The minimum Gasteiger partial charge on any atom is -0.497 e. The minimum atomic E-state index is -0.0784. The van der Waals surface area contributed by atoms with Crippen molar-refractivity contribution in [1.29, 1.82) is 0 Å². The predicted molar refractivity (Wildman–Crippen MR) is 81.3 cm³/mol. The maximum absolute atomic E-state index is 12.6. The zero-order chi connectivity index (χ0) is 15.5. The van der Waals surface area contributed by atoms with Crippen molar-refractivity contribution >= 4 is 5.91 Å². The van der Waals surface area contributed by atoms with Gasteiger partial charge in [0.25, 0.3) is 5.91 Å². The summed E-state index contributed by atoms with van der Waals surface area (Å²) >= 11 is 0. The molecular weight excluding hydrogens is 282 g/mol. The number of nitrogens with zero attached hydrogens (tertiary/aromatic N) is 1. The molecule has 0 bridgehead atoms. The zero-order valence-electron chi connectivity index (χ0n) is 12.7. The van der Waals surface area contributed by atoms with E-state index in [2.05, 4.69) is 0 Å². The number of benzene rings is 1. The summed E-state index contributed by atoms with van der Waals surface area (Å²) in [6.07, 6.45) is 3.40. The summed E-state index contributed by atoms with van der Waals surface area (Å²) in [4.78, 5) is 14.4. The highest BCUT2D eigenvalue weighted by Crippen LogP contribution is 2.39. The van der Waals surface area contributed by atoms with E-state index in [1.54, 1.807) is 26.4 Å². The Morgan fingerprint density at radius 2 is 2.14 bits per heavy atom. The summed E-state index contributed by atoms with van der Waals surface area (Å²) < 4.78 is 16.0. The Balaban J connectivity index is 1.91. The normalized spacial score (nSPS) is 17.5. The predicted octanol–water partition coefficient (Wildman–Crippen LogP) is 3.27. The number of amides is 1. The van der Waals surface area contributed by atoms with Crippen LogP contribution in [0.4, 0.5) is 0 Å². The van der Waals surface area contributed by atoms with Crippen molar-refractivity contribution in [1.82, 2.24) is 4.90 Å². The summed E-state index contributed by atoms with van der Waals surface area (Å²) in [5.41, 5.74) is 1.00. The zero-order valence-corrected chi connectivity index (χ0v) is 12.7. The van der Waals surface area contributed by atoms with Crippen LogP contribution in [0.15, 0.2) is 41.0 Å². The van der Waals surface area contributed by atoms with Crippen LogP contribution in [0.25, 0.3) is 0 Å². The van der Waals surface area contributed by atoms with Crippen molar-refractivity contribution < 1.29 is 18.7 Å². The lowest BCUT2D eigenvalue weighted by Crippen LogP contribution is -2.30. The first-order valence-electron chi connectivity index (χ1n) is 7.31. The van der Waals surface area contributed by atoms with Gasteiger partial charge in [-0.3, -0.25) is 4.79 Å². The number of furan rings is 1. The molecule has 1 amide bonds. The lowest BCUT2D eigenvalue weighted by atomic mass is 10.0. The quantitative estimate of drug-likeness (QED) is 0.869. The van der Waals surface area contributed by atoms with Crippen LogP contribution in [0.3, 0.4) is 0 Å². The number of hydrogen-bond donors (Lipinski definition) is 0. The fourth-order valence-corrected chi connectivity index (χ4v) is 2.97. The summed E-state index contributed by atoms with van der Waals surface area (Å²) in [6, 6.07) is 9.14. The smallest absolute Gasteiger partial charge is 0.290 e. The monoisotopic (exact) mass is 301 g/mol. The lowest BCUT2D eigenvalue weighted by Gasteiger charge is -2.25. The van der Waals surface area contributed by atoms with E-state index in [-0.39, 0.29) is 11.9 Å². The van der Waals surface area contributed by atoms with E-state index in [9.17, 15) is 4.79 Å². The second-order valence-corrected chi connectivity index (χ2v) is 5.24. The number of hydrogen-bond acceptors (Lipinski definition) is 4. The highest BCUT2D eigenvalue weighted by molar-refractivity contribution is 5.92. The van der Waals surface area contributed by atoms with E-state index >= 15 is 0 Å². The fraction of sp³-hybridized carbons (Fsp3) is 0.353. The minimum absolute atomic E-state index is 0.00143. The van der Waals surface area contributed by atoms with E-state index in [0.29, 0.717) is 5.76 Å². The largest absolute Gasteiger partial charge is 0.497 e. The Kier molecular flexibility index (Phi) is 4.04. The van der Waals surface area contributed by atoms with Gasteiger partial charge in [0.15, 0.2) is 5.76 Å². The fourth-order valence-electron chi connectivity index (χ4n) is 2.97. The van der Waals surface area contributed by atoms with Gasteiger partial charge in [0.05, 0.1) is 26.5 Å². The molecule has 1 saturated heterocycles. The van der Waals surface area contributed by atoms with E-state index in [0.717, 1.165) is 36.4 Å². The van der Waals surface area contributed by atoms with Gasteiger partial charge >= 0.3 is 0 Å². The number of rotatable bonds is 4. The van der Waals surface area contributed by atoms with Crippen LogP contribution >= 0.6 is 0 Å². The molecule has 22 heavy (non-hydrogen) atoms. The first kappa shape index (κ1) is 14.5. The molecule has 116 valence electrons. The van der Waals surface area contributed by atoms with Gasteiger partial charge in [-0.15, -0.1) is 0 Å². The standard InChI is InChI=1S/C17H19NO4/c1-20-12-7-8-13(16(11-12)21-2)14-5-3-9-18(14)17(19)15-6-4-10-22-15/h4,6-8,10-11,14H,3,5,9H2,1-2H3. The molecule has 1 fully saturated rings. The summed E-state index contributed by atoms with van der Waals surface area (Å²) in [5.74, 6) is 1.77. The number of carbonyl (C=O) groups is 1. The highest BCUT2D eigenvalue weighted by Gasteiger charge is 2.33. The molecule has 1 atom stereocenters. The molecule has 1 aliphatic rings. The molecule has 0 aliphatic carbocycles. The van der Waals surface area contributed by atoms with Gasteiger partial charge in [-0.25, -0.2) is 0 Å². The van der Waals surface area contributed by atoms with Crippen LogP contribution in [0, 0.1) is 0 Å². The van der Waals surface area contributed by atoms with Crippen LogP contribution in [0.1, 0.15) is 35.0 Å². The Morgan fingerprint density at radius 3 is 2.82 bits per heavy atom. The second-order valence-electron chi connectivity index (χ2n) is 5.24. The summed E-state index contributed by atoms with van der Waals surface area (Å²) in [5, 5.41) is 0. The van der Waals surface area contributed by atoms with Crippen LogP contribution in [-0.2, 0) is 0 Å². The number of ether oxygens (including phenoxy) is 2. The molecule has 5 nitrogen and oxygen atoms in total. The van der Waals surface area contributed by atoms with Gasteiger partial charge in [0, 0.05) is 18.2 Å². The van der Waals surface area contributed by atoms with Gasteiger partial charge in [-0.1, -0.05) is 0 Å². The Morgan fingerprint density at radius 1 is 1.27 bits per heavy atom.